The van der Waals surface area contributed by atoms with Gasteiger partial charge in [0.2, 0.25) is 0 Å². The van der Waals surface area contributed by atoms with E-state index in [4.69, 9.17) is 16.0 Å². The summed E-state index contributed by atoms with van der Waals surface area (Å²) in [4.78, 5) is 12.4. The lowest BCUT2D eigenvalue weighted by Gasteiger charge is -2.12. The molecule has 1 heterocycles. The highest BCUT2D eigenvalue weighted by atomic mass is 35.5. The second kappa shape index (κ2) is 5.04. The zero-order valence-corrected chi connectivity index (χ0v) is 12.3. The third kappa shape index (κ3) is 2.20. The van der Waals surface area contributed by atoms with Crippen molar-refractivity contribution in [2.45, 2.75) is 6.04 Å². The van der Waals surface area contributed by atoms with Crippen LogP contribution in [0.15, 0.2) is 59.0 Å². The molecule has 1 atom stereocenters. The molecule has 1 aromatic heterocycles. The highest BCUT2D eigenvalue weighted by molar-refractivity contribution is 6.31. The van der Waals surface area contributed by atoms with E-state index in [-0.39, 0.29) is 17.7 Å². The molecule has 108 valence electrons. The lowest BCUT2D eigenvalue weighted by molar-refractivity contribution is 0.0919. The summed E-state index contributed by atoms with van der Waals surface area (Å²) in [6, 6.07) is 14.9. The Morgan fingerprint density at radius 2 is 2.00 bits per heavy atom. The summed E-state index contributed by atoms with van der Waals surface area (Å²) < 4.78 is 5.59. The van der Waals surface area contributed by atoms with Crippen molar-refractivity contribution in [1.82, 2.24) is 5.32 Å². The zero-order chi connectivity index (χ0) is 15.1. The normalized spacial score (nSPS) is 16.0. The van der Waals surface area contributed by atoms with E-state index in [1.165, 1.54) is 0 Å². The van der Waals surface area contributed by atoms with Crippen LogP contribution < -0.4 is 5.32 Å². The lowest BCUT2D eigenvalue weighted by atomic mass is 10.1. The molecule has 2 aromatic carbocycles. The predicted octanol–water partition coefficient (Wildman–Crippen LogP) is 4.58. The Morgan fingerprint density at radius 3 is 2.91 bits per heavy atom. The fraction of sp³-hybridized carbons (Fsp3) is 0.0556. The van der Waals surface area contributed by atoms with E-state index in [0.29, 0.717) is 10.6 Å². The fourth-order valence-corrected chi connectivity index (χ4v) is 2.89. The summed E-state index contributed by atoms with van der Waals surface area (Å²) in [6.45, 7) is 0. The van der Waals surface area contributed by atoms with Gasteiger partial charge in [-0.3, -0.25) is 4.79 Å². The maximum absolute atomic E-state index is 12.4. The lowest BCUT2D eigenvalue weighted by Crippen LogP contribution is -2.26. The number of hydrogen-bond donors (Lipinski definition) is 1. The van der Waals surface area contributed by atoms with Crippen molar-refractivity contribution in [1.29, 1.82) is 0 Å². The molecule has 0 radical (unpaired) electrons. The maximum Gasteiger partial charge on any atom is 0.287 e. The van der Waals surface area contributed by atoms with E-state index in [0.717, 1.165) is 16.5 Å². The molecular weight excluding hydrogens is 298 g/mol. The van der Waals surface area contributed by atoms with Gasteiger partial charge in [0.1, 0.15) is 5.58 Å². The first kappa shape index (κ1) is 13.2. The number of nitrogens with one attached hydrogen (secondary N) is 1. The van der Waals surface area contributed by atoms with Crippen LogP contribution in [-0.4, -0.2) is 5.91 Å². The van der Waals surface area contributed by atoms with Crippen LogP contribution in [-0.2, 0) is 0 Å². The molecule has 22 heavy (non-hydrogen) atoms. The molecule has 1 aliphatic carbocycles. The van der Waals surface area contributed by atoms with Crippen molar-refractivity contribution in [2.75, 3.05) is 0 Å². The van der Waals surface area contributed by atoms with E-state index in [1.54, 1.807) is 24.3 Å². The Hall–Kier alpha value is -2.52. The van der Waals surface area contributed by atoms with Gasteiger partial charge in [0.15, 0.2) is 5.76 Å². The van der Waals surface area contributed by atoms with Gasteiger partial charge < -0.3 is 9.73 Å². The van der Waals surface area contributed by atoms with Gasteiger partial charge in [-0.05, 0) is 35.4 Å². The number of benzene rings is 2. The van der Waals surface area contributed by atoms with Gasteiger partial charge in [-0.2, -0.15) is 0 Å². The van der Waals surface area contributed by atoms with Crippen molar-refractivity contribution in [2.24, 2.45) is 0 Å². The van der Waals surface area contributed by atoms with E-state index in [9.17, 15) is 4.79 Å². The number of halogens is 1. The first-order valence-corrected chi connectivity index (χ1v) is 7.35. The smallest absolute Gasteiger partial charge is 0.287 e. The first-order valence-electron chi connectivity index (χ1n) is 6.98. The molecule has 4 rings (SSSR count). The molecule has 3 aromatic rings. The highest BCUT2D eigenvalue weighted by Gasteiger charge is 2.21. The number of hydrogen-bond acceptors (Lipinski definition) is 2. The van der Waals surface area contributed by atoms with Crippen LogP contribution in [0.3, 0.4) is 0 Å². The SMILES string of the molecule is O=C(NC1C=Cc2ccccc21)c1cc2cc(Cl)ccc2o1. The number of carbonyl (C=O) groups excluding carboxylic acids is 1. The molecule has 1 aliphatic rings. The number of furan rings is 1. The highest BCUT2D eigenvalue weighted by Crippen LogP contribution is 2.28. The summed E-state index contributed by atoms with van der Waals surface area (Å²) in [5.41, 5.74) is 2.87. The van der Waals surface area contributed by atoms with Crippen LogP contribution in [0, 0.1) is 0 Å². The summed E-state index contributed by atoms with van der Waals surface area (Å²) in [5.74, 6) is 0.0497. The number of fused-ring (bicyclic) bond motifs is 2. The summed E-state index contributed by atoms with van der Waals surface area (Å²) >= 11 is 5.95. The van der Waals surface area contributed by atoms with Gasteiger partial charge in [-0.1, -0.05) is 48.0 Å². The van der Waals surface area contributed by atoms with Gasteiger partial charge in [0.25, 0.3) is 5.91 Å². The van der Waals surface area contributed by atoms with E-state index in [1.807, 2.05) is 36.4 Å². The standard InChI is InChI=1S/C18H12ClNO2/c19-13-6-8-16-12(9-13)10-17(22-16)18(21)20-15-7-5-11-3-1-2-4-14(11)15/h1-10,15H,(H,20,21). The van der Waals surface area contributed by atoms with Crippen molar-refractivity contribution < 1.29 is 9.21 Å². The topological polar surface area (TPSA) is 42.2 Å². The third-order valence-corrected chi connectivity index (χ3v) is 4.02. The van der Waals surface area contributed by atoms with Gasteiger partial charge in [-0.25, -0.2) is 0 Å². The zero-order valence-electron chi connectivity index (χ0n) is 11.5. The van der Waals surface area contributed by atoms with Crippen molar-refractivity contribution >= 4 is 34.6 Å². The molecule has 0 saturated heterocycles. The Labute approximate surface area is 132 Å². The van der Waals surface area contributed by atoms with Crippen LogP contribution in [0.25, 0.3) is 17.0 Å². The van der Waals surface area contributed by atoms with E-state index >= 15 is 0 Å². The molecule has 4 heteroatoms. The molecular formula is C18H12ClNO2. The molecule has 1 amide bonds. The van der Waals surface area contributed by atoms with E-state index < -0.39 is 0 Å². The van der Waals surface area contributed by atoms with Crippen LogP contribution in [0.1, 0.15) is 27.7 Å². The molecule has 0 saturated carbocycles. The number of rotatable bonds is 2. The Morgan fingerprint density at radius 1 is 1.14 bits per heavy atom. The second-order valence-corrected chi connectivity index (χ2v) is 5.67. The second-order valence-electron chi connectivity index (χ2n) is 5.23. The first-order chi connectivity index (χ1) is 10.7. The van der Waals surface area contributed by atoms with Crippen LogP contribution >= 0.6 is 11.6 Å². The van der Waals surface area contributed by atoms with Gasteiger partial charge in [0.05, 0.1) is 6.04 Å². The van der Waals surface area contributed by atoms with Crippen molar-refractivity contribution in [3.63, 3.8) is 0 Å². The van der Waals surface area contributed by atoms with Crippen LogP contribution in [0.2, 0.25) is 5.02 Å². The monoisotopic (exact) mass is 309 g/mol. The van der Waals surface area contributed by atoms with Crippen molar-refractivity contribution in [3.05, 3.63) is 76.5 Å². The van der Waals surface area contributed by atoms with Gasteiger partial charge >= 0.3 is 0 Å². The molecule has 0 fully saturated rings. The Bertz CT molecular complexity index is 910. The molecule has 0 aliphatic heterocycles. The van der Waals surface area contributed by atoms with Gasteiger partial charge in [-0.15, -0.1) is 0 Å². The third-order valence-electron chi connectivity index (χ3n) is 3.79. The summed E-state index contributed by atoms with van der Waals surface area (Å²) in [5, 5.41) is 4.41. The molecule has 3 nitrogen and oxygen atoms in total. The minimum atomic E-state index is -0.237. The van der Waals surface area contributed by atoms with E-state index in [2.05, 4.69) is 5.32 Å². The molecule has 1 unspecified atom stereocenters. The number of amides is 1. The number of carbonyl (C=O) groups is 1. The van der Waals surface area contributed by atoms with Crippen LogP contribution in [0.4, 0.5) is 0 Å². The molecule has 1 N–H and O–H groups in total. The molecule has 0 bridgehead atoms. The Kier molecular flexibility index (Phi) is 3.01. The summed E-state index contributed by atoms with van der Waals surface area (Å²) in [7, 11) is 0. The van der Waals surface area contributed by atoms with Crippen LogP contribution in [0.5, 0.6) is 0 Å². The largest absolute Gasteiger partial charge is 0.451 e. The van der Waals surface area contributed by atoms with Crippen molar-refractivity contribution in [3.8, 4) is 0 Å². The van der Waals surface area contributed by atoms with Gasteiger partial charge in [0, 0.05) is 10.4 Å². The molecule has 0 spiro atoms. The predicted molar refractivity (Wildman–Crippen MR) is 86.9 cm³/mol. The maximum atomic E-state index is 12.4. The minimum absolute atomic E-state index is 0.125. The average Bonchev–Trinajstić information content (AvgIpc) is 3.11. The minimum Gasteiger partial charge on any atom is -0.451 e. The fourth-order valence-electron chi connectivity index (χ4n) is 2.71. The Balaban J connectivity index is 1.61. The average molecular weight is 310 g/mol. The quantitative estimate of drug-likeness (QED) is 0.752. The summed E-state index contributed by atoms with van der Waals surface area (Å²) in [6.07, 6.45) is 3.99.